The number of rotatable bonds is 27. The second-order valence-electron chi connectivity index (χ2n) is 10.7. The smallest absolute Gasteiger partial charge is 0.305 e. The van der Waals surface area contributed by atoms with Crippen molar-refractivity contribution in [2.75, 3.05) is 19.5 Å². The van der Waals surface area contributed by atoms with Crippen molar-refractivity contribution in [2.24, 2.45) is 0 Å². The molecule has 0 radical (unpaired) electrons. The van der Waals surface area contributed by atoms with Crippen LogP contribution in [0.25, 0.3) is 0 Å². The van der Waals surface area contributed by atoms with Crippen molar-refractivity contribution in [3.63, 3.8) is 0 Å². The van der Waals surface area contributed by atoms with E-state index in [4.69, 9.17) is 14.0 Å². The van der Waals surface area contributed by atoms with Crippen LogP contribution < -0.4 is 0 Å². The van der Waals surface area contributed by atoms with Crippen LogP contribution in [0.1, 0.15) is 168 Å². The van der Waals surface area contributed by atoms with Gasteiger partial charge in [-0.25, -0.2) is 0 Å². The summed E-state index contributed by atoms with van der Waals surface area (Å²) in [6.45, 7) is 4.87. The Labute approximate surface area is 241 Å². The van der Waals surface area contributed by atoms with Crippen LogP contribution in [0.15, 0.2) is 0 Å². The van der Waals surface area contributed by atoms with Crippen molar-refractivity contribution in [3.05, 3.63) is 0 Å². The van der Waals surface area contributed by atoms with Gasteiger partial charge in [0.1, 0.15) is 13.2 Å². The molecule has 0 aliphatic rings. The molecule has 0 spiro atoms. The summed E-state index contributed by atoms with van der Waals surface area (Å²) in [4.78, 5) is 23.5. The van der Waals surface area contributed by atoms with E-state index in [2.05, 4.69) is 13.8 Å². The highest BCUT2D eigenvalue weighted by Crippen LogP contribution is 2.13. The van der Waals surface area contributed by atoms with Crippen molar-refractivity contribution in [2.45, 2.75) is 168 Å². The van der Waals surface area contributed by atoms with Gasteiger partial charge in [0.2, 0.25) is 0 Å². The van der Waals surface area contributed by atoms with Gasteiger partial charge < -0.3 is 9.47 Å². The minimum absolute atomic E-state index is 0.169. The van der Waals surface area contributed by atoms with Crippen molar-refractivity contribution in [1.82, 2.24) is 0 Å². The third-order valence-electron chi connectivity index (χ3n) is 6.58. The fraction of sp³-hybridized carbons (Fsp3) is 0.935. The molecule has 0 amide bonds. The van der Waals surface area contributed by atoms with E-state index >= 15 is 0 Å². The first-order chi connectivity index (χ1) is 18.7. The lowest BCUT2D eigenvalue weighted by molar-refractivity contribution is -0.152. The molecule has 0 aromatic heterocycles. The molecule has 0 saturated heterocycles. The number of carbonyl (C=O) groups is 2. The molecule has 0 fully saturated rings. The number of esters is 2. The highest BCUT2D eigenvalue weighted by atomic mass is 32.2. The molecule has 0 rings (SSSR count). The fourth-order valence-electron chi connectivity index (χ4n) is 4.32. The monoisotopic (exact) mass is 578 g/mol. The fourth-order valence-corrected chi connectivity index (χ4v) is 4.32. The van der Waals surface area contributed by atoms with E-state index in [0.717, 1.165) is 25.7 Å². The van der Waals surface area contributed by atoms with Crippen LogP contribution in [0.4, 0.5) is 0 Å². The first-order valence-electron chi connectivity index (χ1n) is 15.9. The van der Waals surface area contributed by atoms with Gasteiger partial charge >= 0.3 is 11.9 Å². The van der Waals surface area contributed by atoms with E-state index in [0.29, 0.717) is 19.1 Å². The van der Waals surface area contributed by atoms with Crippen molar-refractivity contribution >= 4 is 22.1 Å². The molecule has 0 atom stereocenters. The summed E-state index contributed by atoms with van der Waals surface area (Å²) in [5.74, 6) is -0.338. The van der Waals surface area contributed by atoms with Gasteiger partial charge in [0.25, 0.3) is 10.1 Å². The maximum absolute atomic E-state index is 11.8. The van der Waals surface area contributed by atoms with Crippen molar-refractivity contribution in [1.29, 1.82) is 0 Å². The number of hydrogen-bond donors (Lipinski definition) is 1. The van der Waals surface area contributed by atoms with Gasteiger partial charge in [-0.05, 0) is 12.8 Å². The van der Waals surface area contributed by atoms with Crippen molar-refractivity contribution < 1.29 is 32.0 Å². The maximum Gasteiger partial charge on any atom is 0.305 e. The molecular weight excluding hydrogens is 516 g/mol. The van der Waals surface area contributed by atoms with Crippen LogP contribution >= 0.6 is 0 Å². The average molecular weight is 579 g/mol. The molecule has 234 valence electrons. The molecule has 0 aromatic rings. The van der Waals surface area contributed by atoms with Gasteiger partial charge in [-0.1, -0.05) is 142 Å². The van der Waals surface area contributed by atoms with Crippen LogP contribution in [0, 0.1) is 0 Å². The molecule has 0 aliphatic heterocycles. The first-order valence-corrected chi connectivity index (χ1v) is 17.8. The maximum atomic E-state index is 11.8. The minimum Gasteiger partial charge on any atom is -0.462 e. The van der Waals surface area contributed by atoms with Crippen LogP contribution in [0.5, 0.6) is 0 Å². The number of unbranched alkanes of at least 4 members (excludes halogenated alkanes) is 20. The van der Waals surface area contributed by atoms with E-state index in [1.165, 1.54) is 116 Å². The molecule has 0 bridgehead atoms. The van der Waals surface area contributed by atoms with Crippen LogP contribution in [0.3, 0.4) is 0 Å². The van der Waals surface area contributed by atoms with E-state index in [-0.39, 0.29) is 25.2 Å². The van der Waals surface area contributed by atoms with Crippen LogP contribution in [0.2, 0.25) is 0 Å². The quantitative estimate of drug-likeness (QED) is 0.0588. The molecule has 0 heterocycles. The molecule has 0 unspecified atom stereocenters. The zero-order chi connectivity index (χ0) is 29.5. The Morgan fingerprint density at radius 2 is 0.692 bits per heavy atom. The number of carbonyl (C=O) groups excluding carboxylic acids is 2. The molecule has 7 nitrogen and oxygen atoms in total. The lowest BCUT2D eigenvalue weighted by atomic mass is 10.1. The molecule has 0 aromatic carbocycles. The topological polar surface area (TPSA) is 107 Å². The number of ether oxygens (including phenoxy) is 2. The van der Waals surface area contributed by atoms with Gasteiger partial charge in [-0.15, -0.1) is 0 Å². The Balaban J connectivity index is 0. The van der Waals surface area contributed by atoms with E-state index in [1.807, 2.05) is 0 Å². The zero-order valence-corrected chi connectivity index (χ0v) is 26.5. The summed E-state index contributed by atoms with van der Waals surface area (Å²) in [7, 11) is -3.67. The molecule has 8 heteroatoms. The molecule has 0 saturated carbocycles. The lowest BCUT2D eigenvalue weighted by Crippen LogP contribution is -2.13. The SMILES string of the molecule is CCCCCCCCCCCCCC(=O)OCCOC(=O)CCCCCCCCCCCCC.CS(=O)(=O)O. The molecule has 39 heavy (non-hydrogen) atoms. The number of hydrogen-bond acceptors (Lipinski definition) is 6. The highest BCUT2D eigenvalue weighted by molar-refractivity contribution is 7.85. The summed E-state index contributed by atoms with van der Waals surface area (Å²) in [5.41, 5.74) is 0. The van der Waals surface area contributed by atoms with E-state index in [1.54, 1.807) is 0 Å². The van der Waals surface area contributed by atoms with Gasteiger partial charge in [-0.2, -0.15) is 8.42 Å². The van der Waals surface area contributed by atoms with E-state index in [9.17, 15) is 18.0 Å². The van der Waals surface area contributed by atoms with Crippen molar-refractivity contribution in [3.8, 4) is 0 Å². The van der Waals surface area contributed by atoms with Crippen LogP contribution in [-0.2, 0) is 29.2 Å². The standard InChI is InChI=1S/C30H58O4.CH4O3S/c1-3-5-7-9-11-13-15-17-19-21-23-25-29(31)33-27-28-34-30(32)26-24-22-20-18-16-14-12-10-8-6-4-2;1-5(2,3)4/h3-28H2,1-2H3;1H3,(H,2,3,4). The zero-order valence-electron chi connectivity index (χ0n) is 25.7. The van der Waals surface area contributed by atoms with Gasteiger partial charge in [0.15, 0.2) is 0 Å². The van der Waals surface area contributed by atoms with Gasteiger partial charge in [0, 0.05) is 12.8 Å². The van der Waals surface area contributed by atoms with E-state index < -0.39 is 10.1 Å². The molecular formula is C31H62O7S. The Morgan fingerprint density at radius 3 is 0.923 bits per heavy atom. The molecule has 0 aliphatic carbocycles. The Hall–Kier alpha value is -1.15. The summed E-state index contributed by atoms with van der Waals surface area (Å²) in [6, 6.07) is 0. The normalized spacial score (nSPS) is 11.1. The summed E-state index contributed by atoms with van der Waals surface area (Å²) in [6.07, 6.45) is 29.6. The predicted molar refractivity (Wildman–Crippen MR) is 162 cm³/mol. The van der Waals surface area contributed by atoms with Gasteiger partial charge in [-0.3, -0.25) is 14.1 Å². The largest absolute Gasteiger partial charge is 0.462 e. The first kappa shape index (κ1) is 40.0. The third-order valence-corrected chi connectivity index (χ3v) is 6.58. The Kier molecular flexibility index (Phi) is 32.2. The summed E-state index contributed by atoms with van der Waals surface area (Å²) >= 11 is 0. The second-order valence-corrected chi connectivity index (χ2v) is 12.2. The lowest BCUT2D eigenvalue weighted by Gasteiger charge is -2.07. The Bertz CT molecular complexity index is 587. The summed E-state index contributed by atoms with van der Waals surface area (Å²) in [5, 5.41) is 0. The molecule has 1 N–H and O–H groups in total. The third kappa shape index (κ3) is 44.1. The predicted octanol–water partition coefficient (Wildman–Crippen LogP) is 8.98. The Morgan fingerprint density at radius 1 is 0.487 bits per heavy atom. The summed E-state index contributed by atoms with van der Waals surface area (Å²) < 4.78 is 36.2. The van der Waals surface area contributed by atoms with Gasteiger partial charge in [0.05, 0.1) is 6.26 Å². The highest BCUT2D eigenvalue weighted by Gasteiger charge is 2.06. The average Bonchev–Trinajstić information content (AvgIpc) is 2.87. The minimum atomic E-state index is -3.67. The second kappa shape index (κ2) is 31.4. The van der Waals surface area contributed by atoms with Crippen LogP contribution in [-0.4, -0.2) is 44.4 Å².